The second-order valence-corrected chi connectivity index (χ2v) is 5.94. The van der Waals surface area contributed by atoms with Crippen LogP contribution in [0.2, 0.25) is 0 Å². The Bertz CT molecular complexity index is 587. The van der Waals surface area contributed by atoms with Crippen molar-refractivity contribution < 1.29 is 9.13 Å². The molecule has 1 aromatic heterocycles. The maximum Gasteiger partial charge on any atom is 0.126 e. The minimum absolute atomic E-state index is 0.114. The summed E-state index contributed by atoms with van der Waals surface area (Å²) in [5.74, 6) is 0.247. The minimum Gasteiger partial charge on any atom is -0.380 e. The third-order valence-electron chi connectivity index (χ3n) is 4.48. The number of benzene rings is 1. The number of hydrogen-bond donors (Lipinski definition) is 1. The fourth-order valence-corrected chi connectivity index (χ4v) is 3.23. The van der Waals surface area contributed by atoms with Crippen molar-refractivity contribution in [3.05, 3.63) is 53.6 Å². The van der Waals surface area contributed by atoms with Gasteiger partial charge in [-0.05, 0) is 43.0 Å². The van der Waals surface area contributed by atoms with E-state index in [0.29, 0.717) is 5.92 Å². The van der Waals surface area contributed by atoms with Crippen molar-refractivity contribution in [1.82, 2.24) is 15.1 Å². The minimum atomic E-state index is -0.114. The van der Waals surface area contributed by atoms with Crippen molar-refractivity contribution in [1.29, 1.82) is 0 Å². The highest BCUT2D eigenvalue weighted by Crippen LogP contribution is 2.26. The lowest BCUT2D eigenvalue weighted by Gasteiger charge is -2.37. The van der Waals surface area contributed by atoms with Gasteiger partial charge in [-0.2, -0.15) is 5.10 Å². The zero-order valence-electron chi connectivity index (χ0n) is 12.8. The van der Waals surface area contributed by atoms with Crippen LogP contribution in [0.4, 0.5) is 4.39 Å². The summed E-state index contributed by atoms with van der Waals surface area (Å²) >= 11 is 0. The molecule has 0 aliphatic carbocycles. The van der Waals surface area contributed by atoms with Crippen LogP contribution in [0.15, 0.2) is 36.5 Å². The van der Waals surface area contributed by atoms with Gasteiger partial charge in [0.2, 0.25) is 0 Å². The Morgan fingerprint density at radius 1 is 1.36 bits per heavy atom. The Morgan fingerprint density at radius 3 is 2.95 bits per heavy atom. The average molecular weight is 303 g/mol. The van der Waals surface area contributed by atoms with Crippen LogP contribution >= 0.6 is 0 Å². The predicted molar refractivity (Wildman–Crippen MR) is 82.9 cm³/mol. The number of H-pyrrole nitrogens is 1. The largest absolute Gasteiger partial charge is 0.380 e. The smallest absolute Gasteiger partial charge is 0.126 e. The van der Waals surface area contributed by atoms with Crippen LogP contribution in [0.25, 0.3) is 0 Å². The zero-order chi connectivity index (χ0) is 15.4. The highest BCUT2D eigenvalue weighted by Gasteiger charge is 2.30. The number of hydrogen-bond acceptors (Lipinski definition) is 3. The van der Waals surface area contributed by atoms with Gasteiger partial charge in [-0.3, -0.25) is 10.00 Å². The molecular formula is C17H22FN3O. The first-order valence-corrected chi connectivity index (χ1v) is 7.73. The average Bonchev–Trinajstić information content (AvgIpc) is 3.04. The Labute approximate surface area is 130 Å². The lowest BCUT2D eigenvalue weighted by Crippen LogP contribution is -2.45. The molecule has 1 aromatic carbocycles. The van der Waals surface area contributed by atoms with Gasteiger partial charge in [0.15, 0.2) is 0 Å². The van der Waals surface area contributed by atoms with Crippen LogP contribution < -0.4 is 0 Å². The normalized spacial score (nSPS) is 22.8. The maximum atomic E-state index is 13.8. The molecule has 1 N–H and O–H groups in total. The van der Waals surface area contributed by atoms with Crippen molar-refractivity contribution >= 4 is 0 Å². The standard InChI is InChI=1S/C17H22FN3O/c1-22-17-12-21(11-15-6-8-19-20-15)9-7-14(17)10-13-4-2-3-5-16(13)18/h2-6,8,14,17H,7,9-12H2,1H3,(H,19,20)/t14-,17+/m1/s1. The van der Waals surface area contributed by atoms with E-state index in [1.807, 2.05) is 18.2 Å². The first kappa shape index (κ1) is 15.2. The molecule has 1 saturated heterocycles. The number of halogens is 1. The van der Waals surface area contributed by atoms with Crippen LogP contribution in [0.5, 0.6) is 0 Å². The lowest BCUT2D eigenvalue weighted by atomic mass is 9.87. The summed E-state index contributed by atoms with van der Waals surface area (Å²) in [6.07, 6.45) is 3.66. The molecule has 0 amide bonds. The molecule has 2 atom stereocenters. The third-order valence-corrected chi connectivity index (χ3v) is 4.48. The molecule has 22 heavy (non-hydrogen) atoms. The number of aromatic nitrogens is 2. The van der Waals surface area contributed by atoms with Crippen molar-refractivity contribution in [2.75, 3.05) is 20.2 Å². The number of likely N-dealkylation sites (tertiary alicyclic amines) is 1. The highest BCUT2D eigenvalue weighted by molar-refractivity contribution is 5.18. The molecule has 2 heterocycles. The number of rotatable bonds is 5. The number of methoxy groups -OCH3 is 1. The van der Waals surface area contributed by atoms with E-state index in [4.69, 9.17) is 4.74 Å². The van der Waals surface area contributed by atoms with Crippen molar-refractivity contribution in [3.63, 3.8) is 0 Å². The van der Waals surface area contributed by atoms with Gasteiger partial charge in [-0.1, -0.05) is 18.2 Å². The Hall–Kier alpha value is -1.72. The molecule has 5 heteroatoms. The lowest BCUT2D eigenvalue weighted by molar-refractivity contribution is -0.0141. The summed E-state index contributed by atoms with van der Waals surface area (Å²) in [7, 11) is 1.75. The van der Waals surface area contributed by atoms with Gasteiger partial charge in [-0.25, -0.2) is 4.39 Å². The molecule has 2 aromatic rings. The van der Waals surface area contributed by atoms with Gasteiger partial charge in [0.1, 0.15) is 5.82 Å². The van der Waals surface area contributed by atoms with Crippen molar-refractivity contribution in [3.8, 4) is 0 Å². The van der Waals surface area contributed by atoms with Gasteiger partial charge in [0, 0.05) is 32.1 Å². The van der Waals surface area contributed by atoms with Crippen molar-refractivity contribution in [2.24, 2.45) is 5.92 Å². The van der Waals surface area contributed by atoms with Gasteiger partial charge in [0.25, 0.3) is 0 Å². The molecule has 0 bridgehead atoms. The van der Waals surface area contributed by atoms with E-state index in [1.54, 1.807) is 19.4 Å². The fourth-order valence-electron chi connectivity index (χ4n) is 3.23. The summed E-state index contributed by atoms with van der Waals surface area (Å²) in [5.41, 5.74) is 1.90. The van der Waals surface area contributed by atoms with Crippen molar-refractivity contribution in [2.45, 2.75) is 25.5 Å². The number of nitrogens with zero attached hydrogens (tertiary/aromatic N) is 2. The second kappa shape index (κ2) is 7.03. The van der Waals surface area contributed by atoms with Crippen LogP contribution in [-0.2, 0) is 17.7 Å². The van der Waals surface area contributed by atoms with Crippen LogP contribution in [0.3, 0.4) is 0 Å². The molecular weight excluding hydrogens is 281 g/mol. The van der Waals surface area contributed by atoms with Gasteiger partial charge < -0.3 is 4.74 Å². The van der Waals surface area contributed by atoms with Crippen LogP contribution in [0, 0.1) is 11.7 Å². The number of aromatic amines is 1. The first-order chi connectivity index (χ1) is 10.8. The summed E-state index contributed by atoms with van der Waals surface area (Å²) in [6.45, 7) is 2.72. The van der Waals surface area contributed by atoms with E-state index in [9.17, 15) is 4.39 Å². The van der Waals surface area contributed by atoms with Crippen LogP contribution in [0.1, 0.15) is 17.7 Å². The topological polar surface area (TPSA) is 41.1 Å². The Morgan fingerprint density at radius 2 is 2.23 bits per heavy atom. The highest BCUT2D eigenvalue weighted by atomic mass is 19.1. The van der Waals surface area contributed by atoms with E-state index in [1.165, 1.54) is 6.07 Å². The first-order valence-electron chi connectivity index (χ1n) is 7.73. The predicted octanol–water partition coefficient (Wildman–Crippen LogP) is 2.63. The second-order valence-electron chi connectivity index (χ2n) is 5.94. The molecule has 0 unspecified atom stereocenters. The number of piperidine rings is 1. The third kappa shape index (κ3) is 3.54. The molecule has 4 nitrogen and oxygen atoms in total. The monoisotopic (exact) mass is 303 g/mol. The number of ether oxygens (including phenoxy) is 1. The molecule has 1 fully saturated rings. The van der Waals surface area contributed by atoms with E-state index < -0.39 is 0 Å². The quantitative estimate of drug-likeness (QED) is 0.923. The summed E-state index contributed by atoms with van der Waals surface area (Å²) in [5, 5.41) is 6.98. The van der Waals surface area contributed by atoms with E-state index in [0.717, 1.165) is 43.7 Å². The maximum absolute atomic E-state index is 13.8. The molecule has 0 saturated carbocycles. The summed E-state index contributed by atoms with van der Waals surface area (Å²) in [6, 6.07) is 9.03. The van der Waals surface area contributed by atoms with Crippen LogP contribution in [-0.4, -0.2) is 41.4 Å². The van der Waals surface area contributed by atoms with E-state index >= 15 is 0 Å². The molecule has 118 valence electrons. The summed E-state index contributed by atoms with van der Waals surface area (Å²) in [4.78, 5) is 2.36. The Balaban J connectivity index is 1.61. The zero-order valence-corrected chi connectivity index (χ0v) is 12.8. The molecule has 1 aliphatic heterocycles. The Kier molecular flexibility index (Phi) is 4.85. The van der Waals surface area contributed by atoms with E-state index in [-0.39, 0.29) is 11.9 Å². The fraction of sp³-hybridized carbons (Fsp3) is 0.471. The molecule has 0 radical (unpaired) electrons. The molecule has 0 spiro atoms. The van der Waals surface area contributed by atoms with Gasteiger partial charge >= 0.3 is 0 Å². The van der Waals surface area contributed by atoms with E-state index in [2.05, 4.69) is 15.1 Å². The number of nitrogens with one attached hydrogen (secondary N) is 1. The van der Waals surface area contributed by atoms with Gasteiger partial charge in [0.05, 0.1) is 6.10 Å². The summed E-state index contributed by atoms with van der Waals surface area (Å²) < 4.78 is 19.5. The molecule has 1 aliphatic rings. The SMILES string of the molecule is CO[C@H]1CN(Cc2ccn[nH]2)CC[C@@H]1Cc1ccccc1F. The molecule has 3 rings (SSSR count). The van der Waals surface area contributed by atoms with Gasteiger partial charge in [-0.15, -0.1) is 0 Å².